The lowest BCUT2D eigenvalue weighted by atomic mass is 10.1. The van der Waals surface area contributed by atoms with Crippen LogP contribution in [0.4, 0.5) is 0 Å². The first kappa shape index (κ1) is 13.8. The second-order valence-corrected chi connectivity index (χ2v) is 4.42. The Labute approximate surface area is 116 Å². The van der Waals surface area contributed by atoms with Crippen LogP contribution in [-0.2, 0) is 16.1 Å². The number of rotatable bonds is 5. The maximum absolute atomic E-state index is 11.2. The van der Waals surface area contributed by atoms with Crippen molar-refractivity contribution in [1.82, 2.24) is 10.3 Å². The van der Waals surface area contributed by atoms with Gasteiger partial charge in [0.1, 0.15) is 0 Å². The number of hydrogen-bond acceptors (Lipinski definition) is 4. The Kier molecular flexibility index (Phi) is 4.71. The first-order valence-electron chi connectivity index (χ1n) is 6.11. The Hall–Kier alpha value is -1.65. The summed E-state index contributed by atoms with van der Waals surface area (Å²) in [6.45, 7) is 2.91. The molecule has 0 spiro atoms. The molecule has 5 heteroatoms. The van der Waals surface area contributed by atoms with Crippen LogP contribution in [-0.4, -0.2) is 24.1 Å². The highest BCUT2D eigenvalue weighted by Crippen LogP contribution is 2.24. The molecule has 4 nitrogen and oxygen atoms in total. The van der Waals surface area contributed by atoms with Gasteiger partial charge >= 0.3 is 5.97 Å². The van der Waals surface area contributed by atoms with Gasteiger partial charge in [0.15, 0.2) is 0 Å². The molecule has 2 aromatic rings. The minimum atomic E-state index is -0.256. The Morgan fingerprint density at radius 3 is 3.05 bits per heavy atom. The smallest absolute Gasteiger partial charge is 0.319 e. The van der Waals surface area contributed by atoms with Crippen LogP contribution in [0.15, 0.2) is 30.5 Å². The van der Waals surface area contributed by atoms with Crippen LogP contribution < -0.4 is 5.32 Å². The lowest BCUT2D eigenvalue weighted by Crippen LogP contribution is -2.24. The molecule has 2 rings (SSSR count). The van der Waals surface area contributed by atoms with E-state index >= 15 is 0 Å². The minimum absolute atomic E-state index is 0.185. The summed E-state index contributed by atoms with van der Waals surface area (Å²) in [6, 6.07) is 7.53. The predicted molar refractivity (Wildman–Crippen MR) is 75.1 cm³/mol. The summed E-state index contributed by atoms with van der Waals surface area (Å²) in [7, 11) is 0. The van der Waals surface area contributed by atoms with Gasteiger partial charge in [-0.2, -0.15) is 0 Å². The molecule has 1 aromatic heterocycles. The number of aromatic nitrogens is 1. The van der Waals surface area contributed by atoms with Crippen LogP contribution in [0.1, 0.15) is 12.5 Å². The molecule has 0 atom stereocenters. The van der Waals surface area contributed by atoms with Crippen molar-refractivity contribution in [3.05, 3.63) is 41.0 Å². The number of benzene rings is 1. The van der Waals surface area contributed by atoms with Crippen molar-refractivity contribution in [2.75, 3.05) is 13.2 Å². The molecule has 0 amide bonds. The summed E-state index contributed by atoms with van der Waals surface area (Å²) in [5.41, 5.74) is 1.86. The summed E-state index contributed by atoms with van der Waals surface area (Å²) < 4.78 is 4.85. The third-order valence-electron chi connectivity index (χ3n) is 2.69. The highest BCUT2D eigenvalue weighted by atomic mass is 35.5. The molecule has 0 radical (unpaired) electrons. The highest BCUT2D eigenvalue weighted by molar-refractivity contribution is 6.35. The minimum Gasteiger partial charge on any atom is -0.465 e. The third-order valence-corrected chi connectivity index (χ3v) is 3.02. The van der Waals surface area contributed by atoms with Gasteiger partial charge in [0.05, 0.1) is 18.7 Å². The molecule has 0 bridgehead atoms. The summed E-state index contributed by atoms with van der Waals surface area (Å²) in [5.74, 6) is -0.256. The van der Waals surface area contributed by atoms with Crippen molar-refractivity contribution in [3.63, 3.8) is 0 Å². The predicted octanol–water partition coefficient (Wildman–Crippen LogP) is 2.54. The van der Waals surface area contributed by atoms with Crippen molar-refractivity contribution in [2.24, 2.45) is 0 Å². The fourth-order valence-electron chi connectivity index (χ4n) is 1.85. The Morgan fingerprint density at radius 2 is 2.26 bits per heavy atom. The van der Waals surface area contributed by atoms with Crippen molar-refractivity contribution in [1.29, 1.82) is 0 Å². The van der Waals surface area contributed by atoms with E-state index in [-0.39, 0.29) is 12.5 Å². The normalized spacial score (nSPS) is 10.6. The third kappa shape index (κ3) is 3.43. The molecule has 100 valence electrons. The van der Waals surface area contributed by atoms with E-state index in [1.807, 2.05) is 24.3 Å². The molecule has 0 unspecified atom stereocenters. The van der Waals surface area contributed by atoms with Gasteiger partial charge in [0, 0.05) is 23.2 Å². The van der Waals surface area contributed by atoms with Gasteiger partial charge in [0.2, 0.25) is 0 Å². The Balaban J connectivity index is 2.09. The summed E-state index contributed by atoms with van der Waals surface area (Å²) in [4.78, 5) is 15.6. The number of esters is 1. The molecule has 1 N–H and O–H groups in total. The van der Waals surface area contributed by atoms with Crippen molar-refractivity contribution < 1.29 is 9.53 Å². The molecular formula is C14H15ClN2O2. The molecule has 0 aliphatic heterocycles. The molecule has 0 saturated carbocycles. The second-order valence-electron chi connectivity index (χ2n) is 4.01. The van der Waals surface area contributed by atoms with E-state index < -0.39 is 0 Å². The zero-order chi connectivity index (χ0) is 13.7. The molecule has 0 aliphatic carbocycles. The number of nitrogens with one attached hydrogen (secondary N) is 1. The molecule has 19 heavy (non-hydrogen) atoms. The van der Waals surface area contributed by atoms with E-state index in [2.05, 4.69) is 10.3 Å². The first-order valence-corrected chi connectivity index (χ1v) is 6.48. The van der Waals surface area contributed by atoms with E-state index in [0.717, 1.165) is 16.5 Å². The van der Waals surface area contributed by atoms with Crippen molar-refractivity contribution in [2.45, 2.75) is 13.5 Å². The fourth-order valence-corrected chi connectivity index (χ4v) is 2.07. The average molecular weight is 279 g/mol. The van der Waals surface area contributed by atoms with Crippen LogP contribution in [0.25, 0.3) is 10.9 Å². The van der Waals surface area contributed by atoms with Gasteiger partial charge in [-0.05, 0) is 30.7 Å². The number of carbonyl (C=O) groups excluding carboxylic acids is 1. The molecule has 0 fully saturated rings. The average Bonchev–Trinajstić information content (AvgIpc) is 2.42. The Bertz CT molecular complexity index is 587. The zero-order valence-corrected chi connectivity index (χ0v) is 11.4. The number of halogens is 1. The van der Waals surface area contributed by atoms with Crippen LogP contribution >= 0.6 is 11.6 Å². The van der Waals surface area contributed by atoms with E-state index in [0.29, 0.717) is 18.2 Å². The number of carbonyl (C=O) groups is 1. The number of nitrogens with zero attached hydrogens (tertiary/aromatic N) is 1. The monoisotopic (exact) mass is 278 g/mol. The first-order chi connectivity index (χ1) is 9.22. The van der Waals surface area contributed by atoms with Gasteiger partial charge in [-0.1, -0.05) is 17.7 Å². The largest absolute Gasteiger partial charge is 0.465 e. The lowest BCUT2D eigenvalue weighted by Gasteiger charge is -2.08. The van der Waals surface area contributed by atoms with E-state index in [4.69, 9.17) is 16.3 Å². The van der Waals surface area contributed by atoms with Gasteiger partial charge in [-0.25, -0.2) is 0 Å². The van der Waals surface area contributed by atoms with Crippen molar-refractivity contribution >= 4 is 28.5 Å². The van der Waals surface area contributed by atoms with Crippen LogP contribution in [0.2, 0.25) is 5.02 Å². The van der Waals surface area contributed by atoms with E-state index in [1.54, 1.807) is 13.1 Å². The number of pyridine rings is 1. The van der Waals surface area contributed by atoms with Gasteiger partial charge in [-0.3, -0.25) is 9.78 Å². The standard InChI is InChI=1S/C14H15ClN2O2/c1-2-19-13(18)9-16-8-10-5-6-12(15)11-4-3-7-17-14(10)11/h3-7,16H,2,8-9H2,1H3. The molecule has 0 saturated heterocycles. The van der Waals surface area contributed by atoms with E-state index in [9.17, 15) is 4.79 Å². The highest BCUT2D eigenvalue weighted by Gasteiger charge is 2.06. The number of ether oxygens (including phenoxy) is 1. The van der Waals surface area contributed by atoms with Crippen LogP contribution in [0.5, 0.6) is 0 Å². The Morgan fingerprint density at radius 1 is 1.42 bits per heavy atom. The van der Waals surface area contributed by atoms with Gasteiger partial charge in [-0.15, -0.1) is 0 Å². The van der Waals surface area contributed by atoms with Crippen molar-refractivity contribution in [3.8, 4) is 0 Å². The molecule has 1 heterocycles. The van der Waals surface area contributed by atoms with Gasteiger partial charge in [0.25, 0.3) is 0 Å². The topological polar surface area (TPSA) is 51.2 Å². The van der Waals surface area contributed by atoms with E-state index in [1.165, 1.54) is 0 Å². The second kappa shape index (κ2) is 6.50. The SMILES string of the molecule is CCOC(=O)CNCc1ccc(Cl)c2cccnc12. The lowest BCUT2D eigenvalue weighted by molar-refractivity contribution is -0.142. The summed E-state index contributed by atoms with van der Waals surface area (Å²) >= 11 is 6.12. The maximum Gasteiger partial charge on any atom is 0.319 e. The number of hydrogen-bond donors (Lipinski definition) is 1. The summed E-state index contributed by atoms with van der Waals surface area (Å²) in [5, 5.41) is 4.63. The summed E-state index contributed by atoms with van der Waals surface area (Å²) in [6.07, 6.45) is 1.73. The molecule has 1 aromatic carbocycles. The number of fused-ring (bicyclic) bond motifs is 1. The van der Waals surface area contributed by atoms with Crippen LogP contribution in [0, 0.1) is 0 Å². The molecule has 0 aliphatic rings. The molecular weight excluding hydrogens is 264 g/mol. The zero-order valence-electron chi connectivity index (χ0n) is 10.6. The maximum atomic E-state index is 11.2. The quantitative estimate of drug-likeness (QED) is 0.854. The van der Waals surface area contributed by atoms with Crippen LogP contribution in [0.3, 0.4) is 0 Å². The van der Waals surface area contributed by atoms with Gasteiger partial charge < -0.3 is 10.1 Å². The fraction of sp³-hybridized carbons (Fsp3) is 0.286.